The fourth-order valence-electron chi connectivity index (χ4n) is 2.48. The molecule has 4 aromatic rings. The van der Waals surface area contributed by atoms with Crippen LogP contribution in [0.15, 0.2) is 66.1 Å². The number of benzene rings is 1. The number of aromatic nitrogens is 6. The summed E-state index contributed by atoms with van der Waals surface area (Å²) < 4.78 is 4.26. The number of halogens is 2. The third-order valence-corrected chi connectivity index (χ3v) is 3.95. The summed E-state index contributed by atoms with van der Waals surface area (Å²) in [6.45, 7) is 0. The molecule has 0 saturated heterocycles. The lowest BCUT2D eigenvalue weighted by molar-refractivity contribution is 0.738. The Balaban J connectivity index is 2.00. The monoisotopic (exact) mass is 372 g/mol. The van der Waals surface area contributed by atoms with E-state index < -0.39 is 0 Å². The lowest BCUT2D eigenvalue weighted by Gasteiger charge is -2.12. The standard InChI is InChI=1S/C16H10Cl2N6O/c17-11-7-12(18)9-13(8-11)24-16(25)15(23-6-2-4-20-23)14(10-21-24)22-5-1-3-19-22/h1-10H. The van der Waals surface area contributed by atoms with Crippen LogP contribution in [0.3, 0.4) is 0 Å². The first-order valence-corrected chi connectivity index (χ1v) is 7.98. The molecule has 0 atom stereocenters. The van der Waals surface area contributed by atoms with Crippen molar-refractivity contribution in [3.05, 3.63) is 81.7 Å². The highest BCUT2D eigenvalue weighted by molar-refractivity contribution is 6.34. The number of hydrogen-bond acceptors (Lipinski definition) is 4. The molecule has 25 heavy (non-hydrogen) atoms. The van der Waals surface area contributed by atoms with E-state index in [1.54, 1.807) is 66.0 Å². The number of hydrogen-bond donors (Lipinski definition) is 0. The summed E-state index contributed by atoms with van der Waals surface area (Å²) in [6.07, 6.45) is 8.16. The van der Waals surface area contributed by atoms with Crippen molar-refractivity contribution in [3.63, 3.8) is 0 Å². The molecule has 9 heteroatoms. The van der Waals surface area contributed by atoms with Gasteiger partial charge in [0.2, 0.25) is 0 Å². The summed E-state index contributed by atoms with van der Waals surface area (Å²) in [5.74, 6) is 0. The Morgan fingerprint density at radius 2 is 1.48 bits per heavy atom. The van der Waals surface area contributed by atoms with E-state index in [1.165, 1.54) is 9.36 Å². The second-order valence-electron chi connectivity index (χ2n) is 5.12. The van der Waals surface area contributed by atoms with Crippen molar-refractivity contribution < 1.29 is 0 Å². The molecule has 1 aromatic carbocycles. The Labute approximate surface area is 151 Å². The van der Waals surface area contributed by atoms with Crippen molar-refractivity contribution in [2.24, 2.45) is 0 Å². The first-order chi connectivity index (χ1) is 12.1. The van der Waals surface area contributed by atoms with Crippen molar-refractivity contribution >= 4 is 23.2 Å². The molecule has 0 bridgehead atoms. The Morgan fingerprint density at radius 1 is 0.840 bits per heavy atom. The van der Waals surface area contributed by atoms with Gasteiger partial charge in [-0.25, -0.2) is 9.36 Å². The molecular weight excluding hydrogens is 363 g/mol. The van der Waals surface area contributed by atoms with Crippen molar-refractivity contribution in [3.8, 4) is 17.1 Å². The van der Waals surface area contributed by atoms with Crippen LogP contribution in [0, 0.1) is 0 Å². The molecule has 0 amide bonds. The van der Waals surface area contributed by atoms with Gasteiger partial charge in [-0.2, -0.15) is 20.0 Å². The van der Waals surface area contributed by atoms with Gasteiger partial charge in [0, 0.05) is 34.8 Å². The molecule has 0 unspecified atom stereocenters. The fourth-order valence-corrected chi connectivity index (χ4v) is 2.99. The SMILES string of the molecule is O=c1c(-n2cccn2)c(-n2cccn2)cnn1-c1cc(Cl)cc(Cl)c1. The zero-order valence-electron chi connectivity index (χ0n) is 12.6. The summed E-state index contributed by atoms with van der Waals surface area (Å²) in [5, 5.41) is 13.4. The lowest BCUT2D eigenvalue weighted by atomic mass is 10.3. The van der Waals surface area contributed by atoms with Crippen molar-refractivity contribution in [2.75, 3.05) is 0 Å². The van der Waals surface area contributed by atoms with E-state index in [1.807, 2.05) is 0 Å². The summed E-state index contributed by atoms with van der Waals surface area (Å²) in [7, 11) is 0. The molecule has 0 radical (unpaired) electrons. The molecule has 0 fully saturated rings. The normalized spacial score (nSPS) is 11.0. The molecule has 124 valence electrons. The molecule has 7 nitrogen and oxygen atoms in total. The van der Waals surface area contributed by atoms with Gasteiger partial charge >= 0.3 is 0 Å². The van der Waals surface area contributed by atoms with Gasteiger partial charge in [0.25, 0.3) is 5.56 Å². The molecule has 3 heterocycles. The fraction of sp³-hybridized carbons (Fsp3) is 0. The highest BCUT2D eigenvalue weighted by Gasteiger charge is 2.17. The minimum Gasteiger partial charge on any atom is -0.265 e. The molecule has 0 aliphatic carbocycles. The Bertz CT molecular complexity index is 1070. The zero-order chi connectivity index (χ0) is 17.4. The molecule has 0 aliphatic heterocycles. The van der Waals surface area contributed by atoms with Crippen LogP contribution in [0.25, 0.3) is 17.1 Å². The second-order valence-corrected chi connectivity index (χ2v) is 6.00. The summed E-state index contributed by atoms with van der Waals surface area (Å²) in [6, 6.07) is 8.30. The van der Waals surface area contributed by atoms with E-state index in [4.69, 9.17) is 23.2 Å². The van der Waals surface area contributed by atoms with Gasteiger partial charge in [-0.15, -0.1) is 0 Å². The minimum absolute atomic E-state index is 0.305. The average Bonchev–Trinajstić information content (AvgIpc) is 3.27. The Kier molecular flexibility index (Phi) is 3.87. The first kappa shape index (κ1) is 15.6. The van der Waals surface area contributed by atoms with E-state index in [2.05, 4.69) is 15.3 Å². The number of nitrogens with zero attached hydrogens (tertiary/aromatic N) is 6. The third-order valence-electron chi connectivity index (χ3n) is 3.51. The molecule has 0 saturated carbocycles. The van der Waals surface area contributed by atoms with Crippen LogP contribution in [0.2, 0.25) is 10.0 Å². The van der Waals surface area contributed by atoms with Gasteiger partial charge in [0.15, 0.2) is 5.69 Å². The quantitative estimate of drug-likeness (QED) is 0.554. The van der Waals surface area contributed by atoms with Crippen molar-refractivity contribution in [1.29, 1.82) is 0 Å². The smallest absolute Gasteiger partial charge is 0.265 e. The Hall–Kier alpha value is -2.90. The van der Waals surface area contributed by atoms with Gasteiger partial charge in [-0.05, 0) is 30.3 Å². The van der Waals surface area contributed by atoms with Gasteiger partial charge in [0.1, 0.15) is 5.69 Å². The average molecular weight is 373 g/mol. The summed E-state index contributed by atoms with van der Waals surface area (Å²) in [5.41, 5.74) is 0.890. The molecule has 3 aromatic heterocycles. The van der Waals surface area contributed by atoms with Crippen LogP contribution in [-0.2, 0) is 0 Å². The molecule has 0 spiro atoms. The highest BCUT2D eigenvalue weighted by atomic mass is 35.5. The summed E-state index contributed by atoms with van der Waals surface area (Å²) >= 11 is 12.1. The van der Waals surface area contributed by atoms with Gasteiger partial charge in [-0.3, -0.25) is 4.79 Å². The maximum absolute atomic E-state index is 13.1. The topological polar surface area (TPSA) is 70.5 Å². The second kappa shape index (κ2) is 6.19. The first-order valence-electron chi connectivity index (χ1n) is 7.22. The maximum Gasteiger partial charge on any atom is 0.299 e. The number of rotatable bonds is 3. The van der Waals surface area contributed by atoms with Gasteiger partial charge in [-0.1, -0.05) is 23.2 Å². The van der Waals surface area contributed by atoms with Crippen LogP contribution in [-0.4, -0.2) is 29.3 Å². The third kappa shape index (κ3) is 2.84. The molecule has 0 N–H and O–H groups in total. The van der Waals surface area contributed by atoms with E-state index >= 15 is 0 Å². The van der Waals surface area contributed by atoms with E-state index in [9.17, 15) is 4.79 Å². The molecule has 4 rings (SSSR count). The van der Waals surface area contributed by atoms with Crippen molar-refractivity contribution in [1.82, 2.24) is 29.3 Å². The lowest BCUT2D eigenvalue weighted by Crippen LogP contribution is -2.27. The van der Waals surface area contributed by atoms with E-state index in [0.717, 1.165) is 0 Å². The van der Waals surface area contributed by atoms with E-state index in [0.29, 0.717) is 27.1 Å². The van der Waals surface area contributed by atoms with Gasteiger partial charge < -0.3 is 0 Å². The highest BCUT2D eigenvalue weighted by Crippen LogP contribution is 2.21. The molecule has 0 aliphatic rings. The maximum atomic E-state index is 13.1. The van der Waals surface area contributed by atoms with Crippen LogP contribution in [0.5, 0.6) is 0 Å². The predicted octanol–water partition coefficient (Wildman–Crippen LogP) is 2.91. The predicted molar refractivity (Wildman–Crippen MR) is 94.1 cm³/mol. The van der Waals surface area contributed by atoms with Gasteiger partial charge in [0.05, 0.1) is 11.9 Å². The summed E-state index contributed by atoms with van der Waals surface area (Å²) in [4.78, 5) is 13.1. The molecular formula is C16H10Cl2N6O. The van der Waals surface area contributed by atoms with Crippen LogP contribution < -0.4 is 5.56 Å². The van der Waals surface area contributed by atoms with Crippen molar-refractivity contribution in [2.45, 2.75) is 0 Å². The van der Waals surface area contributed by atoms with Crippen LogP contribution in [0.1, 0.15) is 0 Å². The van der Waals surface area contributed by atoms with E-state index in [-0.39, 0.29) is 5.56 Å². The largest absolute Gasteiger partial charge is 0.299 e. The van der Waals surface area contributed by atoms with Crippen LogP contribution in [0.4, 0.5) is 0 Å². The van der Waals surface area contributed by atoms with Crippen LogP contribution >= 0.6 is 23.2 Å². The zero-order valence-corrected chi connectivity index (χ0v) is 14.1. The Morgan fingerprint density at radius 3 is 2.08 bits per heavy atom. The minimum atomic E-state index is -0.380.